The summed E-state index contributed by atoms with van der Waals surface area (Å²) in [6, 6.07) is 2.16. The summed E-state index contributed by atoms with van der Waals surface area (Å²) in [5.74, 6) is 0.972. The van der Waals surface area contributed by atoms with Crippen LogP contribution in [-0.4, -0.2) is 56.7 Å². The van der Waals surface area contributed by atoms with E-state index in [0.717, 1.165) is 36.0 Å². The minimum absolute atomic E-state index is 0.0397. The molecule has 0 unspecified atom stereocenters. The molecule has 1 fully saturated rings. The van der Waals surface area contributed by atoms with E-state index in [4.69, 9.17) is 0 Å². The Balaban J connectivity index is 1.74. The fraction of sp³-hybridized carbons (Fsp3) is 0.471. The van der Waals surface area contributed by atoms with E-state index < -0.39 is 0 Å². The van der Waals surface area contributed by atoms with Gasteiger partial charge in [0.1, 0.15) is 10.7 Å². The molecule has 1 aliphatic rings. The minimum atomic E-state index is 0.0397. The number of amides is 1. The molecule has 4 rings (SSSR count). The van der Waals surface area contributed by atoms with Gasteiger partial charge >= 0.3 is 0 Å². The lowest BCUT2D eigenvalue weighted by atomic mass is 10.1. The van der Waals surface area contributed by atoms with Gasteiger partial charge in [0.05, 0.1) is 31.1 Å². The van der Waals surface area contributed by atoms with E-state index in [1.54, 1.807) is 18.3 Å². The molecule has 1 aliphatic heterocycles. The van der Waals surface area contributed by atoms with Crippen molar-refractivity contribution in [1.29, 1.82) is 0 Å². The molecule has 7 nitrogen and oxygen atoms in total. The van der Waals surface area contributed by atoms with Gasteiger partial charge in [-0.05, 0) is 30.9 Å². The molecule has 0 saturated carbocycles. The van der Waals surface area contributed by atoms with Crippen LogP contribution in [0.2, 0.25) is 0 Å². The lowest BCUT2D eigenvalue weighted by Crippen LogP contribution is -3.15. The number of hydrogen-bond acceptors (Lipinski definition) is 6. The molecule has 2 N–H and O–H groups in total. The maximum atomic E-state index is 11.7. The average molecular weight is 393 g/mol. The second-order valence-corrected chi connectivity index (χ2v) is 8.67. The molecule has 9 heteroatoms. The maximum absolute atomic E-state index is 11.7. The number of carbonyl (C=O) groups excluding carboxylic acids is 1. The number of thiazole rings is 1. The summed E-state index contributed by atoms with van der Waals surface area (Å²) in [6.07, 6.45) is 0. The van der Waals surface area contributed by atoms with Gasteiger partial charge in [-0.1, -0.05) is 11.3 Å². The standard InChI is InChI=1S/C17H21N5O2S2/c1-10-4-9-25-14(10)13(21-7-5-20(6-8-21)12(3)23)15-16(24)22-17(26-15)18-11(2)19-22/h4,9,13,24H,5-8H2,1-3H3/p+1/t13-/m1/s1. The van der Waals surface area contributed by atoms with Crippen molar-refractivity contribution in [2.45, 2.75) is 26.8 Å². The molecule has 0 aliphatic carbocycles. The van der Waals surface area contributed by atoms with Crippen molar-refractivity contribution >= 4 is 33.5 Å². The van der Waals surface area contributed by atoms with Gasteiger partial charge in [-0.2, -0.15) is 4.52 Å². The first kappa shape index (κ1) is 17.4. The number of fused-ring (bicyclic) bond motifs is 1. The van der Waals surface area contributed by atoms with Crippen LogP contribution in [0.25, 0.3) is 4.96 Å². The minimum Gasteiger partial charge on any atom is -0.492 e. The average Bonchev–Trinajstić information content (AvgIpc) is 3.27. The van der Waals surface area contributed by atoms with Crippen LogP contribution < -0.4 is 4.90 Å². The Morgan fingerprint density at radius 1 is 1.31 bits per heavy atom. The van der Waals surface area contributed by atoms with Crippen molar-refractivity contribution in [2.24, 2.45) is 0 Å². The van der Waals surface area contributed by atoms with Crippen molar-refractivity contribution < 1.29 is 14.8 Å². The predicted octanol–water partition coefficient (Wildman–Crippen LogP) is 1.01. The zero-order chi connectivity index (χ0) is 18.4. The first-order valence-corrected chi connectivity index (χ1v) is 10.3. The Morgan fingerprint density at radius 3 is 2.62 bits per heavy atom. The Bertz CT molecular complexity index is 952. The Morgan fingerprint density at radius 2 is 2.04 bits per heavy atom. The Labute approximate surface area is 159 Å². The van der Waals surface area contributed by atoms with E-state index in [1.165, 1.54) is 31.2 Å². The van der Waals surface area contributed by atoms with E-state index in [-0.39, 0.29) is 17.8 Å². The third-order valence-corrected chi connectivity index (χ3v) is 7.16. The summed E-state index contributed by atoms with van der Waals surface area (Å²) in [6.45, 7) is 8.76. The number of aromatic nitrogens is 3. The summed E-state index contributed by atoms with van der Waals surface area (Å²) in [4.78, 5) is 22.2. The van der Waals surface area contributed by atoms with Crippen LogP contribution in [0.1, 0.15) is 34.1 Å². The molecular weight excluding hydrogens is 370 g/mol. The van der Waals surface area contributed by atoms with Crippen LogP contribution in [0.15, 0.2) is 11.4 Å². The highest BCUT2D eigenvalue weighted by Gasteiger charge is 2.36. The molecular formula is C17H22N5O2S2+. The number of aromatic hydroxyl groups is 1. The van der Waals surface area contributed by atoms with Gasteiger partial charge in [0.15, 0.2) is 6.04 Å². The van der Waals surface area contributed by atoms with Crippen molar-refractivity contribution in [3.05, 3.63) is 32.6 Å². The smallest absolute Gasteiger partial charge is 0.235 e. The predicted molar refractivity (Wildman–Crippen MR) is 101 cm³/mol. The number of carbonyl (C=O) groups is 1. The normalized spacial score (nSPS) is 17.1. The number of thiophene rings is 1. The molecule has 3 aromatic rings. The molecule has 1 saturated heterocycles. The second-order valence-electron chi connectivity index (χ2n) is 6.71. The number of aryl methyl sites for hydroxylation is 2. The van der Waals surface area contributed by atoms with Crippen LogP contribution in [0.5, 0.6) is 5.88 Å². The third kappa shape index (κ3) is 2.89. The summed E-state index contributed by atoms with van der Waals surface area (Å²) in [7, 11) is 0. The van der Waals surface area contributed by atoms with Crippen LogP contribution in [0.4, 0.5) is 0 Å². The molecule has 138 valence electrons. The van der Waals surface area contributed by atoms with Crippen LogP contribution in [0, 0.1) is 13.8 Å². The van der Waals surface area contributed by atoms with Gasteiger partial charge in [-0.25, -0.2) is 4.98 Å². The lowest BCUT2D eigenvalue weighted by molar-refractivity contribution is -0.928. The van der Waals surface area contributed by atoms with E-state index in [1.807, 2.05) is 11.8 Å². The van der Waals surface area contributed by atoms with E-state index in [2.05, 4.69) is 28.5 Å². The molecule has 1 atom stereocenters. The van der Waals surface area contributed by atoms with E-state index >= 15 is 0 Å². The first-order valence-electron chi connectivity index (χ1n) is 8.65. The number of nitrogens with zero attached hydrogens (tertiary/aromatic N) is 4. The number of quaternary nitrogens is 1. The van der Waals surface area contributed by atoms with Crippen LogP contribution >= 0.6 is 22.7 Å². The number of piperazine rings is 1. The maximum Gasteiger partial charge on any atom is 0.235 e. The van der Waals surface area contributed by atoms with Gasteiger partial charge in [0.25, 0.3) is 0 Å². The summed E-state index contributed by atoms with van der Waals surface area (Å²) < 4.78 is 1.54. The lowest BCUT2D eigenvalue weighted by Gasteiger charge is -2.35. The molecule has 3 aromatic heterocycles. The van der Waals surface area contributed by atoms with E-state index in [0.29, 0.717) is 5.82 Å². The van der Waals surface area contributed by atoms with Gasteiger partial charge < -0.3 is 14.9 Å². The van der Waals surface area contributed by atoms with Gasteiger partial charge in [0.2, 0.25) is 16.7 Å². The van der Waals surface area contributed by atoms with Crippen molar-refractivity contribution in [3.8, 4) is 5.88 Å². The highest BCUT2D eigenvalue weighted by atomic mass is 32.1. The fourth-order valence-electron chi connectivity index (χ4n) is 3.60. The highest BCUT2D eigenvalue weighted by molar-refractivity contribution is 7.17. The fourth-order valence-corrected chi connectivity index (χ4v) is 5.94. The number of rotatable bonds is 3. The molecule has 0 bridgehead atoms. The monoisotopic (exact) mass is 392 g/mol. The van der Waals surface area contributed by atoms with Crippen LogP contribution in [0.3, 0.4) is 0 Å². The summed E-state index contributed by atoms with van der Waals surface area (Å²) in [5, 5.41) is 17.2. The number of nitrogens with one attached hydrogen (secondary N) is 1. The van der Waals surface area contributed by atoms with Crippen LogP contribution in [-0.2, 0) is 4.79 Å². The van der Waals surface area contributed by atoms with Crippen molar-refractivity contribution in [2.75, 3.05) is 26.2 Å². The molecule has 0 aromatic carbocycles. The first-order chi connectivity index (χ1) is 12.5. The van der Waals surface area contributed by atoms with Gasteiger partial charge in [-0.3, -0.25) is 4.79 Å². The second kappa shape index (κ2) is 6.64. The molecule has 0 radical (unpaired) electrons. The topological polar surface area (TPSA) is 75.2 Å². The van der Waals surface area contributed by atoms with Crippen molar-refractivity contribution in [1.82, 2.24) is 19.5 Å². The zero-order valence-corrected chi connectivity index (χ0v) is 16.7. The van der Waals surface area contributed by atoms with Crippen molar-refractivity contribution in [3.63, 3.8) is 0 Å². The zero-order valence-electron chi connectivity index (χ0n) is 15.0. The summed E-state index contributed by atoms with van der Waals surface area (Å²) in [5.41, 5.74) is 1.23. The molecule has 0 spiro atoms. The van der Waals surface area contributed by atoms with Gasteiger partial charge in [-0.15, -0.1) is 16.4 Å². The highest BCUT2D eigenvalue weighted by Crippen LogP contribution is 2.37. The molecule has 4 heterocycles. The molecule has 1 amide bonds. The largest absolute Gasteiger partial charge is 0.492 e. The summed E-state index contributed by atoms with van der Waals surface area (Å²) >= 11 is 3.23. The van der Waals surface area contributed by atoms with Gasteiger partial charge in [0, 0.05) is 6.92 Å². The number of hydrogen-bond donors (Lipinski definition) is 2. The Hall–Kier alpha value is -1.97. The quantitative estimate of drug-likeness (QED) is 0.698. The molecule has 26 heavy (non-hydrogen) atoms. The third-order valence-electron chi connectivity index (χ3n) is 4.99. The SMILES string of the molecule is CC(=O)N1CC[NH+]([C@H](c2sccc2C)c2sc3nc(C)nn3c2O)CC1. The Kier molecular flexibility index (Phi) is 4.45. The van der Waals surface area contributed by atoms with E-state index in [9.17, 15) is 9.90 Å².